The Labute approximate surface area is 83.9 Å². The number of rotatable bonds is 4. The number of hydrogen-bond acceptors (Lipinski definition) is 1. The van der Waals surface area contributed by atoms with Gasteiger partial charge in [0.15, 0.2) is 0 Å². The van der Waals surface area contributed by atoms with E-state index < -0.39 is 0 Å². The quantitative estimate of drug-likeness (QED) is 0.673. The van der Waals surface area contributed by atoms with Crippen LogP contribution in [0.3, 0.4) is 0 Å². The van der Waals surface area contributed by atoms with Gasteiger partial charge < -0.3 is 4.79 Å². The maximum Gasteiger partial charge on any atom is 0.126 e. The third-order valence-corrected chi connectivity index (χ3v) is 2.27. The highest BCUT2D eigenvalue weighted by molar-refractivity contribution is 5.50. The summed E-state index contributed by atoms with van der Waals surface area (Å²) in [5.74, 6) is 0.182. The van der Waals surface area contributed by atoms with Crippen LogP contribution in [0.4, 0.5) is 4.39 Å². The zero-order valence-electron chi connectivity index (χ0n) is 8.59. The highest BCUT2D eigenvalue weighted by Crippen LogP contribution is 2.18. The van der Waals surface area contributed by atoms with E-state index in [0.717, 1.165) is 11.8 Å². The van der Waals surface area contributed by atoms with Crippen molar-refractivity contribution in [1.82, 2.24) is 0 Å². The average Bonchev–Trinajstić information content (AvgIpc) is 2.16. The number of halogens is 1. The fourth-order valence-electron chi connectivity index (χ4n) is 1.36. The Hall–Kier alpha value is -1.18. The summed E-state index contributed by atoms with van der Waals surface area (Å²) >= 11 is 0. The van der Waals surface area contributed by atoms with Gasteiger partial charge in [-0.3, -0.25) is 0 Å². The van der Waals surface area contributed by atoms with Crippen LogP contribution in [-0.2, 0) is 11.2 Å². The standard InChI is InChI=1S/C12H15FO/c1-9(2)10-5-6-12(13)11(8-10)4-3-7-14/h5-9H,3-4H2,1-2H3. The average molecular weight is 194 g/mol. The van der Waals surface area contributed by atoms with Gasteiger partial charge in [-0.2, -0.15) is 0 Å². The number of aldehydes is 1. The minimum Gasteiger partial charge on any atom is -0.303 e. The summed E-state index contributed by atoms with van der Waals surface area (Å²) in [7, 11) is 0. The van der Waals surface area contributed by atoms with Gasteiger partial charge in [0.25, 0.3) is 0 Å². The van der Waals surface area contributed by atoms with E-state index in [0.29, 0.717) is 24.3 Å². The number of aryl methyl sites for hydroxylation is 1. The zero-order valence-corrected chi connectivity index (χ0v) is 8.59. The topological polar surface area (TPSA) is 17.1 Å². The minimum atomic E-state index is -0.212. The molecule has 0 fully saturated rings. The van der Waals surface area contributed by atoms with Crippen LogP contribution >= 0.6 is 0 Å². The van der Waals surface area contributed by atoms with Gasteiger partial charge in [0.1, 0.15) is 12.1 Å². The molecule has 0 saturated heterocycles. The molecule has 1 aromatic rings. The summed E-state index contributed by atoms with van der Waals surface area (Å²) in [4.78, 5) is 10.2. The second kappa shape index (κ2) is 4.89. The van der Waals surface area contributed by atoms with Crippen molar-refractivity contribution in [3.63, 3.8) is 0 Å². The molecule has 0 N–H and O–H groups in total. The van der Waals surface area contributed by atoms with Crippen molar-refractivity contribution in [1.29, 1.82) is 0 Å². The molecule has 14 heavy (non-hydrogen) atoms. The normalized spacial score (nSPS) is 10.6. The molecule has 0 unspecified atom stereocenters. The largest absolute Gasteiger partial charge is 0.303 e. The van der Waals surface area contributed by atoms with Crippen LogP contribution in [-0.4, -0.2) is 6.29 Å². The first-order chi connectivity index (χ1) is 6.65. The molecule has 0 aliphatic carbocycles. The molecule has 0 heterocycles. The Morgan fingerprint density at radius 2 is 2.14 bits per heavy atom. The lowest BCUT2D eigenvalue weighted by molar-refractivity contribution is -0.107. The van der Waals surface area contributed by atoms with Crippen LogP contribution < -0.4 is 0 Å². The summed E-state index contributed by atoms with van der Waals surface area (Å²) in [6.45, 7) is 4.13. The first-order valence-corrected chi connectivity index (χ1v) is 4.87. The first-order valence-electron chi connectivity index (χ1n) is 4.87. The molecule has 0 spiro atoms. The van der Waals surface area contributed by atoms with E-state index in [-0.39, 0.29) is 5.82 Å². The molecule has 2 heteroatoms. The summed E-state index contributed by atoms with van der Waals surface area (Å²) in [5, 5.41) is 0. The molecular formula is C12H15FO. The Morgan fingerprint density at radius 1 is 1.43 bits per heavy atom. The van der Waals surface area contributed by atoms with Gasteiger partial charge >= 0.3 is 0 Å². The van der Waals surface area contributed by atoms with E-state index in [9.17, 15) is 9.18 Å². The van der Waals surface area contributed by atoms with Crippen molar-refractivity contribution < 1.29 is 9.18 Å². The SMILES string of the molecule is CC(C)c1ccc(F)c(CCC=O)c1. The molecule has 0 aliphatic rings. The summed E-state index contributed by atoms with van der Waals surface area (Å²) < 4.78 is 13.2. The van der Waals surface area contributed by atoms with Gasteiger partial charge in [0.2, 0.25) is 0 Å². The van der Waals surface area contributed by atoms with Gasteiger partial charge in [-0.25, -0.2) is 4.39 Å². The van der Waals surface area contributed by atoms with Crippen molar-refractivity contribution in [3.8, 4) is 0 Å². The Bertz CT molecular complexity index is 318. The lowest BCUT2D eigenvalue weighted by Crippen LogP contribution is -1.95. The van der Waals surface area contributed by atoms with Crippen molar-refractivity contribution >= 4 is 6.29 Å². The van der Waals surface area contributed by atoms with Gasteiger partial charge in [0.05, 0.1) is 0 Å². The minimum absolute atomic E-state index is 0.212. The third-order valence-electron chi connectivity index (χ3n) is 2.27. The predicted octanol–water partition coefficient (Wildman–Crippen LogP) is 3.08. The van der Waals surface area contributed by atoms with Crippen LogP contribution in [0.15, 0.2) is 18.2 Å². The molecule has 0 aromatic heterocycles. The molecular weight excluding hydrogens is 179 g/mol. The summed E-state index contributed by atoms with van der Waals surface area (Å²) in [5.41, 5.74) is 1.76. The second-order valence-corrected chi connectivity index (χ2v) is 3.71. The molecule has 0 aliphatic heterocycles. The number of benzene rings is 1. The second-order valence-electron chi connectivity index (χ2n) is 3.71. The fraction of sp³-hybridized carbons (Fsp3) is 0.417. The Balaban J connectivity index is 2.90. The van der Waals surface area contributed by atoms with E-state index in [4.69, 9.17) is 0 Å². The fourth-order valence-corrected chi connectivity index (χ4v) is 1.36. The zero-order chi connectivity index (χ0) is 10.6. The molecule has 76 valence electrons. The number of carbonyl (C=O) groups excluding carboxylic acids is 1. The summed E-state index contributed by atoms with van der Waals surface area (Å²) in [6, 6.07) is 5.13. The molecule has 0 atom stereocenters. The van der Waals surface area contributed by atoms with Crippen LogP contribution in [0.1, 0.15) is 37.3 Å². The van der Waals surface area contributed by atoms with E-state index in [1.54, 1.807) is 6.07 Å². The molecule has 1 aromatic carbocycles. The molecule has 0 bridgehead atoms. The van der Waals surface area contributed by atoms with Crippen molar-refractivity contribution in [3.05, 3.63) is 35.1 Å². The lowest BCUT2D eigenvalue weighted by Gasteiger charge is -2.08. The molecule has 0 amide bonds. The predicted molar refractivity (Wildman–Crippen MR) is 54.9 cm³/mol. The molecule has 0 saturated carbocycles. The van der Waals surface area contributed by atoms with Gasteiger partial charge in [-0.15, -0.1) is 0 Å². The van der Waals surface area contributed by atoms with Crippen molar-refractivity contribution in [2.45, 2.75) is 32.6 Å². The Kier molecular flexibility index (Phi) is 3.81. The maximum atomic E-state index is 13.2. The molecule has 1 rings (SSSR count). The van der Waals surface area contributed by atoms with E-state index >= 15 is 0 Å². The van der Waals surface area contributed by atoms with Crippen molar-refractivity contribution in [2.75, 3.05) is 0 Å². The van der Waals surface area contributed by atoms with E-state index in [2.05, 4.69) is 13.8 Å². The third kappa shape index (κ3) is 2.66. The number of carbonyl (C=O) groups is 1. The van der Waals surface area contributed by atoms with Crippen LogP contribution in [0.25, 0.3) is 0 Å². The van der Waals surface area contributed by atoms with Gasteiger partial charge in [-0.05, 0) is 29.5 Å². The van der Waals surface area contributed by atoms with Crippen LogP contribution in [0, 0.1) is 5.82 Å². The monoisotopic (exact) mass is 194 g/mol. The lowest BCUT2D eigenvalue weighted by atomic mass is 9.99. The maximum absolute atomic E-state index is 13.2. The first kappa shape index (κ1) is 10.9. The van der Waals surface area contributed by atoms with Gasteiger partial charge in [0, 0.05) is 6.42 Å². The van der Waals surface area contributed by atoms with E-state index in [1.807, 2.05) is 6.07 Å². The van der Waals surface area contributed by atoms with Crippen molar-refractivity contribution in [2.24, 2.45) is 0 Å². The highest BCUT2D eigenvalue weighted by atomic mass is 19.1. The van der Waals surface area contributed by atoms with Crippen LogP contribution in [0.5, 0.6) is 0 Å². The van der Waals surface area contributed by atoms with Gasteiger partial charge in [-0.1, -0.05) is 26.0 Å². The number of hydrogen-bond donors (Lipinski definition) is 0. The molecule has 0 radical (unpaired) electrons. The highest BCUT2D eigenvalue weighted by Gasteiger charge is 2.05. The smallest absolute Gasteiger partial charge is 0.126 e. The summed E-state index contributed by atoms with van der Waals surface area (Å²) in [6.07, 6.45) is 1.70. The van der Waals surface area contributed by atoms with Crippen LogP contribution in [0.2, 0.25) is 0 Å². The van der Waals surface area contributed by atoms with E-state index in [1.165, 1.54) is 6.07 Å². The Morgan fingerprint density at radius 3 is 2.71 bits per heavy atom. The molecule has 1 nitrogen and oxygen atoms in total.